The van der Waals surface area contributed by atoms with Gasteiger partial charge in [0, 0.05) is 34.3 Å². The fourth-order valence-corrected chi connectivity index (χ4v) is 6.93. The number of nitrogens with zero attached hydrogens (tertiary/aromatic N) is 1. The molecular weight excluding hydrogens is 608 g/mol. The summed E-state index contributed by atoms with van der Waals surface area (Å²) in [5.74, 6) is -7.28. The summed E-state index contributed by atoms with van der Waals surface area (Å²) in [5.41, 5.74) is -3.26. The lowest BCUT2D eigenvalue weighted by atomic mass is 9.59. The zero-order valence-corrected chi connectivity index (χ0v) is 23.5. The average Bonchev–Trinajstić information content (AvgIpc) is 3.23. The molecule has 0 spiro atoms. The van der Waals surface area contributed by atoms with E-state index in [2.05, 4.69) is 0 Å². The Morgan fingerprint density at radius 1 is 0.889 bits per heavy atom. The van der Waals surface area contributed by atoms with Crippen molar-refractivity contribution in [2.75, 3.05) is 12.0 Å². The average molecular weight is 632 g/mol. The number of methoxy groups -OCH3 is 1. The molecule has 2 aromatic rings. The molecule has 1 heterocycles. The van der Waals surface area contributed by atoms with E-state index in [9.17, 15) is 50.6 Å². The summed E-state index contributed by atoms with van der Waals surface area (Å²) in [5, 5.41) is 11.0. The van der Waals surface area contributed by atoms with Crippen LogP contribution in [-0.4, -0.2) is 35.6 Å². The van der Waals surface area contributed by atoms with Gasteiger partial charge in [-0.2, -0.15) is 26.3 Å². The fraction of sp³-hybridized carbons (Fsp3) is 0.312. The normalized spacial score (nSPS) is 25.1. The fourth-order valence-electron chi connectivity index (χ4n) is 6.93. The SMILES string of the molecule is COc1ccc([C@H]2C3=CC[C@@H]4C(=O)N(c5cc(C(F)(F)F)cc(C(F)(F)F)c5)C(=O)[C@@H]4[C@@H]3CC3=C2C(=O)C(C)=CC3=O)c(O)c1. The van der Waals surface area contributed by atoms with Crippen LogP contribution in [0.5, 0.6) is 11.5 Å². The monoisotopic (exact) mass is 631 g/mol. The molecule has 1 saturated heterocycles. The van der Waals surface area contributed by atoms with Crippen LogP contribution >= 0.6 is 0 Å². The van der Waals surface area contributed by atoms with Gasteiger partial charge >= 0.3 is 12.4 Å². The summed E-state index contributed by atoms with van der Waals surface area (Å²) in [6.45, 7) is 1.47. The van der Waals surface area contributed by atoms with Gasteiger partial charge in [-0.25, -0.2) is 4.90 Å². The zero-order valence-electron chi connectivity index (χ0n) is 23.5. The van der Waals surface area contributed by atoms with Gasteiger partial charge in [0.1, 0.15) is 11.5 Å². The molecule has 3 aliphatic carbocycles. The van der Waals surface area contributed by atoms with E-state index >= 15 is 0 Å². The number of hydrogen-bond acceptors (Lipinski definition) is 6. The van der Waals surface area contributed by atoms with Gasteiger partial charge in [0.05, 0.1) is 35.8 Å². The lowest BCUT2D eigenvalue weighted by Crippen LogP contribution is -2.39. The van der Waals surface area contributed by atoms with Crippen LogP contribution in [0.3, 0.4) is 0 Å². The summed E-state index contributed by atoms with van der Waals surface area (Å²) < 4.78 is 86.8. The number of benzene rings is 2. The second-order valence-electron chi connectivity index (χ2n) is 11.4. The molecule has 6 rings (SSSR count). The topological polar surface area (TPSA) is 101 Å². The number of amides is 2. The van der Waals surface area contributed by atoms with Crippen molar-refractivity contribution in [3.63, 3.8) is 0 Å². The van der Waals surface area contributed by atoms with E-state index in [0.29, 0.717) is 28.4 Å². The largest absolute Gasteiger partial charge is 0.507 e. The van der Waals surface area contributed by atoms with Crippen molar-refractivity contribution in [3.05, 3.63) is 87.5 Å². The maximum atomic E-state index is 13.9. The maximum absolute atomic E-state index is 13.9. The lowest BCUT2D eigenvalue weighted by molar-refractivity contribution is -0.143. The summed E-state index contributed by atoms with van der Waals surface area (Å²) in [6, 6.07) is 4.89. The highest BCUT2D eigenvalue weighted by molar-refractivity contribution is 6.25. The molecule has 0 bridgehead atoms. The van der Waals surface area contributed by atoms with E-state index in [0.717, 1.165) is 6.08 Å². The Balaban J connectivity index is 1.48. The molecule has 1 fully saturated rings. The molecule has 7 nitrogen and oxygen atoms in total. The third-order valence-corrected chi connectivity index (χ3v) is 8.94. The lowest BCUT2D eigenvalue weighted by Gasteiger charge is -2.42. The van der Waals surface area contributed by atoms with E-state index in [1.807, 2.05) is 0 Å². The predicted octanol–water partition coefficient (Wildman–Crippen LogP) is 6.07. The maximum Gasteiger partial charge on any atom is 0.416 e. The van der Waals surface area contributed by atoms with Crippen molar-refractivity contribution in [3.8, 4) is 11.5 Å². The smallest absolute Gasteiger partial charge is 0.416 e. The number of rotatable bonds is 3. The van der Waals surface area contributed by atoms with Crippen molar-refractivity contribution in [2.24, 2.45) is 17.8 Å². The van der Waals surface area contributed by atoms with Gasteiger partial charge in [0.2, 0.25) is 11.8 Å². The number of alkyl halides is 6. The summed E-state index contributed by atoms with van der Waals surface area (Å²) in [4.78, 5) is 54.6. The van der Waals surface area contributed by atoms with E-state index < -0.39 is 76.2 Å². The van der Waals surface area contributed by atoms with E-state index in [-0.39, 0.29) is 46.9 Å². The molecule has 234 valence electrons. The van der Waals surface area contributed by atoms with Gasteiger partial charge in [-0.1, -0.05) is 17.7 Å². The van der Waals surface area contributed by atoms with Crippen LogP contribution < -0.4 is 9.64 Å². The van der Waals surface area contributed by atoms with Gasteiger partial charge in [-0.05, 0) is 56.0 Å². The van der Waals surface area contributed by atoms with Crippen LogP contribution in [-0.2, 0) is 31.5 Å². The second-order valence-corrected chi connectivity index (χ2v) is 11.4. The number of halogens is 6. The molecule has 0 unspecified atom stereocenters. The van der Waals surface area contributed by atoms with Crippen LogP contribution in [0.4, 0.5) is 32.0 Å². The first-order chi connectivity index (χ1) is 21.0. The molecule has 1 N–H and O–H groups in total. The molecule has 0 radical (unpaired) electrons. The molecule has 4 atom stereocenters. The van der Waals surface area contributed by atoms with Crippen molar-refractivity contribution >= 4 is 29.1 Å². The molecule has 2 aromatic carbocycles. The number of ketones is 2. The number of ether oxygens (including phenoxy) is 1. The van der Waals surface area contributed by atoms with E-state index in [4.69, 9.17) is 4.74 Å². The van der Waals surface area contributed by atoms with Gasteiger partial charge in [0.15, 0.2) is 11.6 Å². The van der Waals surface area contributed by atoms with Gasteiger partial charge in [-0.15, -0.1) is 0 Å². The number of carbonyl (C=O) groups is 4. The first-order valence-corrected chi connectivity index (χ1v) is 13.8. The molecule has 2 amide bonds. The number of fused-ring (bicyclic) bond motifs is 3. The Kier molecular flexibility index (Phi) is 6.86. The Bertz CT molecular complexity index is 1770. The number of phenolic OH excluding ortho intramolecular Hbond substituents is 1. The minimum Gasteiger partial charge on any atom is -0.507 e. The van der Waals surface area contributed by atoms with Crippen molar-refractivity contribution in [1.29, 1.82) is 0 Å². The molecule has 1 aliphatic heterocycles. The van der Waals surface area contributed by atoms with E-state index in [1.54, 1.807) is 6.08 Å². The third kappa shape index (κ3) is 4.75. The Hall–Kier alpha value is -4.68. The molecule has 45 heavy (non-hydrogen) atoms. The Morgan fingerprint density at radius 2 is 1.53 bits per heavy atom. The van der Waals surface area contributed by atoms with Crippen LogP contribution in [0.2, 0.25) is 0 Å². The highest BCUT2D eigenvalue weighted by Gasteiger charge is 2.57. The van der Waals surface area contributed by atoms with Gasteiger partial charge < -0.3 is 9.84 Å². The number of phenols is 1. The molecular formula is C32H23F6NO6. The standard InChI is InChI=1S/C32H23F6NO6/c1-13-7-23(40)22-12-21-18(25(27(22)28(13)42)19-4-3-17(45-2)11-24(19)41)5-6-20-26(21)30(44)39(29(20)43)16-9-14(31(33,34)35)8-15(10-16)32(36,37)38/h3-5,7-11,20-21,25-26,41H,6,12H2,1-2H3/t20-,21+,25+,26-/m0/s1. The summed E-state index contributed by atoms with van der Waals surface area (Å²) in [6.07, 6.45) is -7.94. The van der Waals surface area contributed by atoms with Crippen LogP contribution in [0.25, 0.3) is 0 Å². The highest BCUT2D eigenvalue weighted by Crippen LogP contribution is 2.57. The van der Waals surface area contributed by atoms with E-state index in [1.165, 1.54) is 32.2 Å². The van der Waals surface area contributed by atoms with Crippen LogP contribution in [0.1, 0.15) is 42.4 Å². The van der Waals surface area contributed by atoms with Crippen molar-refractivity contribution in [1.82, 2.24) is 0 Å². The predicted molar refractivity (Wildman–Crippen MR) is 145 cm³/mol. The number of Topliss-reactive ketones (excluding diaryl/α,β-unsaturated/α-hetero) is 1. The first-order valence-electron chi connectivity index (χ1n) is 13.8. The van der Waals surface area contributed by atoms with Crippen LogP contribution in [0, 0.1) is 17.8 Å². The number of carbonyl (C=O) groups excluding carboxylic acids is 4. The quantitative estimate of drug-likeness (QED) is 0.191. The molecule has 0 saturated carbocycles. The minimum atomic E-state index is -5.21. The number of hydrogen-bond donors (Lipinski definition) is 1. The van der Waals surface area contributed by atoms with Crippen molar-refractivity contribution in [2.45, 2.75) is 38.0 Å². The number of allylic oxidation sites excluding steroid dienone is 6. The second kappa shape index (κ2) is 10.2. The number of aromatic hydroxyl groups is 1. The third-order valence-electron chi connectivity index (χ3n) is 8.94. The molecule has 0 aromatic heterocycles. The van der Waals surface area contributed by atoms with Gasteiger partial charge in [0.25, 0.3) is 0 Å². The Morgan fingerprint density at radius 3 is 2.11 bits per heavy atom. The van der Waals surface area contributed by atoms with Crippen molar-refractivity contribution < 1.29 is 55.4 Å². The summed E-state index contributed by atoms with van der Waals surface area (Å²) in [7, 11) is 1.38. The number of anilines is 1. The van der Waals surface area contributed by atoms with Crippen LogP contribution in [0.15, 0.2) is 70.8 Å². The number of imide groups is 1. The first kappa shape index (κ1) is 30.4. The molecule has 4 aliphatic rings. The Labute approximate surface area is 251 Å². The minimum absolute atomic E-state index is 0.0609. The summed E-state index contributed by atoms with van der Waals surface area (Å²) >= 11 is 0. The zero-order chi connectivity index (χ0) is 32.7. The highest BCUT2D eigenvalue weighted by atomic mass is 19.4. The van der Waals surface area contributed by atoms with Gasteiger partial charge in [-0.3, -0.25) is 19.2 Å². The molecule has 13 heteroatoms.